The molecule has 15 nitrogen and oxygen atoms in total. The first-order valence-corrected chi connectivity index (χ1v) is 12.6. The number of imidazole rings is 1. The highest BCUT2D eigenvalue weighted by Gasteiger charge is 2.30. The molecule has 2 heterocycles. The zero-order valence-corrected chi connectivity index (χ0v) is 21.7. The van der Waals surface area contributed by atoms with E-state index in [0.29, 0.717) is 12.1 Å². The fourth-order valence-electron chi connectivity index (χ4n) is 4.11. The Morgan fingerprint density at radius 1 is 0.975 bits per heavy atom. The molecule has 0 aliphatic rings. The van der Waals surface area contributed by atoms with Crippen LogP contribution in [-0.2, 0) is 32.0 Å². The first-order chi connectivity index (χ1) is 19.2. The van der Waals surface area contributed by atoms with Crippen LogP contribution in [0.25, 0.3) is 10.9 Å². The van der Waals surface area contributed by atoms with Gasteiger partial charge < -0.3 is 48.2 Å². The molecule has 214 valence electrons. The van der Waals surface area contributed by atoms with Gasteiger partial charge in [0.05, 0.1) is 12.9 Å². The number of fused-ring (bicyclic) bond motifs is 1. The molecule has 3 unspecified atom stereocenters. The number of nitrogens with zero attached hydrogens (tertiary/aromatic N) is 2. The summed E-state index contributed by atoms with van der Waals surface area (Å²) in [5.41, 5.74) is 18.2. The van der Waals surface area contributed by atoms with E-state index < -0.39 is 41.8 Å². The number of carboxylic acid groups (broad SMARTS) is 1. The molecule has 0 aliphatic heterocycles. The van der Waals surface area contributed by atoms with Gasteiger partial charge in [-0.15, -0.1) is 0 Å². The molecule has 3 aromatic rings. The van der Waals surface area contributed by atoms with Gasteiger partial charge in [0.1, 0.15) is 18.1 Å². The normalized spacial score (nSPS) is 13.1. The highest BCUT2D eigenvalue weighted by Crippen LogP contribution is 2.19. The zero-order valence-electron chi connectivity index (χ0n) is 21.7. The van der Waals surface area contributed by atoms with Gasteiger partial charge in [-0.1, -0.05) is 18.2 Å². The highest BCUT2D eigenvalue weighted by atomic mass is 16.4. The van der Waals surface area contributed by atoms with E-state index in [4.69, 9.17) is 17.2 Å². The lowest BCUT2D eigenvalue weighted by Crippen LogP contribution is -2.57. The molecule has 3 rings (SSSR count). The topological polar surface area (TPSA) is 259 Å². The number of carbonyl (C=O) groups is 4. The van der Waals surface area contributed by atoms with Crippen LogP contribution in [0.15, 0.2) is 48.0 Å². The number of carboxylic acids is 1. The third-order valence-electron chi connectivity index (χ3n) is 6.11. The smallest absolute Gasteiger partial charge is 0.326 e. The molecule has 0 radical (unpaired) electrons. The van der Waals surface area contributed by atoms with Gasteiger partial charge in [-0.05, 0) is 24.5 Å². The second-order valence-electron chi connectivity index (χ2n) is 9.08. The fourth-order valence-corrected chi connectivity index (χ4v) is 4.11. The van der Waals surface area contributed by atoms with Crippen LogP contribution in [0.3, 0.4) is 0 Å². The summed E-state index contributed by atoms with van der Waals surface area (Å²) in [6.07, 6.45) is 5.11. The number of aromatic nitrogens is 3. The number of amides is 3. The van der Waals surface area contributed by atoms with Gasteiger partial charge in [0, 0.05) is 48.4 Å². The van der Waals surface area contributed by atoms with Gasteiger partial charge in [0.25, 0.3) is 0 Å². The van der Waals surface area contributed by atoms with Crippen molar-refractivity contribution in [2.24, 2.45) is 22.2 Å². The summed E-state index contributed by atoms with van der Waals surface area (Å²) in [6, 6.07) is 3.93. The molecule has 1 aromatic carbocycles. The molecule has 3 atom stereocenters. The standard InChI is InChI=1S/C25H34N10O5/c26-10-21(36)33-20(9-15-12-29-13-32-15)23(38)35-19(8-14-11-31-17-5-2-1-4-16(14)17)22(37)34-18(24(39)40)6-3-7-30-25(27)28/h1-2,4-5,11-13,18-20,31H,3,6-10,26H2,(H,29,32)(H,33,36)(H,34,37)(H,35,38)(H,39,40)(H4,27,28,30). The number of nitrogens with two attached hydrogens (primary N) is 3. The number of para-hydroxylation sites is 1. The Hall–Kier alpha value is -4.92. The monoisotopic (exact) mass is 554 g/mol. The number of carbonyl (C=O) groups excluding carboxylic acids is 3. The van der Waals surface area contributed by atoms with Gasteiger partial charge >= 0.3 is 5.97 Å². The van der Waals surface area contributed by atoms with E-state index in [1.54, 1.807) is 6.20 Å². The summed E-state index contributed by atoms with van der Waals surface area (Å²) in [5.74, 6) is -3.30. The number of hydrogen-bond acceptors (Lipinski definition) is 7. The number of aliphatic carboxylic acids is 1. The zero-order chi connectivity index (χ0) is 29.1. The van der Waals surface area contributed by atoms with Crippen molar-refractivity contribution in [2.45, 2.75) is 43.8 Å². The molecule has 0 aliphatic carbocycles. The number of hydrogen-bond donors (Lipinski definition) is 9. The van der Waals surface area contributed by atoms with E-state index >= 15 is 0 Å². The van der Waals surface area contributed by atoms with Crippen LogP contribution in [0, 0.1) is 0 Å². The minimum atomic E-state index is -1.25. The quantitative estimate of drug-likeness (QED) is 0.0584. The van der Waals surface area contributed by atoms with Crippen molar-refractivity contribution < 1.29 is 24.3 Å². The van der Waals surface area contributed by atoms with Crippen LogP contribution in [-0.4, -0.2) is 80.9 Å². The van der Waals surface area contributed by atoms with E-state index in [-0.39, 0.29) is 38.3 Å². The number of aliphatic imine (C=N–C) groups is 1. The SMILES string of the molecule is NCC(=O)NC(Cc1cnc[nH]1)C(=O)NC(Cc1c[nH]c2ccccc12)C(=O)NC(CCCN=C(N)N)C(=O)O. The lowest BCUT2D eigenvalue weighted by atomic mass is 10.0. The molecular weight excluding hydrogens is 520 g/mol. The maximum atomic E-state index is 13.4. The Bertz CT molecular complexity index is 1330. The number of nitrogens with one attached hydrogen (secondary N) is 5. The van der Waals surface area contributed by atoms with Gasteiger partial charge in [-0.3, -0.25) is 19.4 Å². The number of guanidine groups is 1. The van der Waals surface area contributed by atoms with Crippen LogP contribution in [0.5, 0.6) is 0 Å². The van der Waals surface area contributed by atoms with Crippen molar-refractivity contribution in [3.63, 3.8) is 0 Å². The number of rotatable bonds is 15. The highest BCUT2D eigenvalue weighted by molar-refractivity contribution is 5.94. The van der Waals surface area contributed by atoms with Crippen molar-refractivity contribution in [3.8, 4) is 0 Å². The molecular formula is C25H34N10O5. The lowest BCUT2D eigenvalue weighted by Gasteiger charge is -2.24. The van der Waals surface area contributed by atoms with Gasteiger partial charge in [-0.2, -0.15) is 0 Å². The fraction of sp³-hybridized carbons (Fsp3) is 0.360. The Morgan fingerprint density at radius 3 is 2.33 bits per heavy atom. The van der Waals surface area contributed by atoms with Crippen molar-refractivity contribution in [3.05, 3.63) is 54.2 Å². The summed E-state index contributed by atoms with van der Waals surface area (Å²) in [4.78, 5) is 64.5. The number of benzene rings is 1. The Morgan fingerprint density at radius 2 is 1.68 bits per heavy atom. The first-order valence-electron chi connectivity index (χ1n) is 12.6. The van der Waals surface area contributed by atoms with E-state index in [1.807, 2.05) is 24.3 Å². The predicted octanol–water partition coefficient (Wildman–Crippen LogP) is -1.77. The van der Waals surface area contributed by atoms with Crippen molar-refractivity contribution in [2.75, 3.05) is 13.1 Å². The maximum absolute atomic E-state index is 13.4. The Labute approximate surface area is 229 Å². The van der Waals surface area contributed by atoms with Gasteiger partial charge in [0.15, 0.2) is 5.96 Å². The average molecular weight is 555 g/mol. The summed E-state index contributed by atoms with van der Waals surface area (Å²) in [6.45, 7) is -0.153. The molecule has 15 heteroatoms. The molecule has 0 saturated carbocycles. The van der Waals surface area contributed by atoms with Crippen LogP contribution in [0.1, 0.15) is 24.1 Å². The third-order valence-corrected chi connectivity index (χ3v) is 6.11. The first kappa shape index (κ1) is 29.6. The third kappa shape index (κ3) is 8.56. The molecule has 40 heavy (non-hydrogen) atoms. The van der Waals surface area contributed by atoms with E-state index in [2.05, 4.69) is 35.9 Å². The minimum Gasteiger partial charge on any atom is -0.480 e. The van der Waals surface area contributed by atoms with Crippen molar-refractivity contribution >= 4 is 40.6 Å². The molecule has 2 aromatic heterocycles. The van der Waals surface area contributed by atoms with E-state index in [9.17, 15) is 24.3 Å². The molecule has 3 amide bonds. The largest absolute Gasteiger partial charge is 0.480 e. The second kappa shape index (κ2) is 14.3. The van der Waals surface area contributed by atoms with Crippen LogP contribution in [0.2, 0.25) is 0 Å². The van der Waals surface area contributed by atoms with Crippen LogP contribution < -0.4 is 33.2 Å². The molecule has 0 bridgehead atoms. The van der Waals surface area contributed by atoms with E-state index in [1.165, 1.54) is 12.5 Å². The van der Waals surface area contributed by atoms with Crippen molar-refractivity contribution in [1.29, 1.82) is 0 Å². The van der Waals surface area contributed by atoms with Crippen molar-refractivity contribution in [1.82, 2.24) is 30.9 Å². The summed E-state index contributed by atoms with van der Waals surface area (Å²) in [5, 5.41) is 18.3. The summed E-state index contributed by atoms with van der Waals surface area (Å²) < 4.78 is 0. The summed E-state index contributed by atoms with van der Waals surface area (Å²) >= 11 is 0. The summed E-state index contributed by atoms with van der Waals surface area (Å²) in [7, 11) is 0. The second-order valence-corrected chi connectivity index (χ2v) is 9.08. The number of aromatic amines is 2. The molecule has 0 spiro atoms. The predicted molar refractivity (Wildman–Crippen MR) is 147 cm³/mol. The number of H-pyrrole nitrogens is 2. The minimum absolute atomic E-state index is 0.0452. The molecule has 12 N–H and O–H groups in total. The molecule has 0 saturated heterocycles. The Kier molecular flexibility index (Phi) is 10.6. The van der Waals surface area contributed by atoms with E-state index in [0.717, 1.165) is 16.5 Å². The Balaban J connectivity index is 1.83. The molecule has 0 fully saturated rings. The average Bonchev–Trinajstić information content (AvgIpc) is 3.59. The van der Waals surface area contributed by atoms with Gasteiger partial charge in [-0.25, -0.2) is 9.78 Å². The maximum Gasteiger partial charge on any atom is 0.326 e. The lowest BCUT2D eigenvalue weighted by molar-refractivity contribution is -0.142. The van der Waals surface area contributed by atoms with Crippen LogP contribution >= 0.6 is 0 Å². The van der Waals surface area contributed by atoms with Gasteiger partial charge in [0.2, 0.25) is 17.7 Å². The van der Waals surface area contributed by atoms with Crippen LogP contribution in [0.4, 0.5) is 0 Å².